The Morgan fingerprint density at radius 2 is 1.19 bits per heavy atom. The maximum Gasteiger partial charge on any atom is 0.119 e. The van der Waals surface area contributed by atoms with Gasteiger partial charge < -0.3 is 4.74 Å². The van der Waals surface area contributed by atoms with E-state index in [4.69, 9.17) is 4.74 Å². The van der Waals surface area contributed by atoms with Crippen molar-refractivity contribution in [2.45, 2.75) is 13.0 Å². The molecule has 0 amide bonds. The number of benzene rings is 3. The lowest BCUT2D eigenvalue weighted by molar-refractivity contribution is 0.306. The average Bonchev–Trinajstić information content (AvgIpc) is 2.55. The van der Waals surface area contributed by atoms with Gasteiger partial charge in [0.25, 0.3) is 0 Å². The highest BCUT2D eigenvalue weighted by molar-refractivity contribution is 5.30. The van der Waals surface area contributed by atoms with Crippen molar-refractivity contribution < 1.29 is 4.74 Å². The van der Waals surface area contributed by atoms with E-state index in [1.165, 1.54) is 16.7 Å². The van der Waals surface area contributed by atoms with E-state index in [-0.39, 0.29) is 0 Å². The van der Waals surface area contributed by atoms with Crippen molar-refractivity contribution in [1.82, 2.24) is 0 Å². The van der Waals surface area contributed by atoms with Crippen LogP contribution in [0.15, 0.2) is 84.9 Å². The number of hydrogen-bond donors (Lipinski definition) is 0. The number of para-hydroxylation sites is 1. The highest BCUT2D eigenvalue weighted by Gasteiger charge is 1.99. The summed E-state index contributed by atoms with van der Waals surface area (Å²) in [5.41, 5.74) is 3.85. The first-order valence-corrected chi connectivity index (χ1v) is 7.20. The number of hydrogen-bond acceptors (Lipinski definition) is 1. The first-order chi connectivity index (χ1) is 10.4. The van der Waals surface area contributed by atoms with Gasteiger partial charge in [0.05, 0.1) is 0 Å². The van der Waals surface area contributed by atoms with E-state index in [0.29, 0.717) is 6.61 Å². The molecule has 104 valence electrons. The molecule has 0 aliphatic carbocycles. The minimum atomic E-state index is 0.604. The topological polar surface area (TPSA) is 9.23 Å². The maximum absolute atomic E-state index is 5.80. The molecule has 0 heterocycles. The fourth-order valence-corrected chi connectivity index (χ4v) is 2.34. The number of ether oxygens (including phenoxy) is 1. The molecule has 0 N–H and O–H groups in total. The molecule has 1 heteroatoms. The largest absolute Gasteiger partial charge is 0.489 e. The van der Waals surface area contributed by atoms with Crippen molar-refractivity contribution in [2.24, 2.45) is 0 Å². The minimum Gasteiger partial charge on any atom is -0.489 e. The van der Waals surface area contributed by atoms with E-state index >= 15 is 0 Å². The quantitative estimate of drug-likeness (QED) is 0.646. The molecule has 3 aromatic rings. The third-order valence-corrected chi connectivity index (χ3v) is 3.39. The predicted molar refractivity (Wildman–Crippen MR) is 86.5 cm³/mol. The van der Waals surface area contributed by atoms with Crippen LogP contribution in [0.4, 0.5) is 0 Å². The van der Waals surface area contributed by atoms with Crippen LogP contribution in [0.2, 0.25) is 0 Å². The van der Waals surface area contributed by atoms with Crippen LogP contribution >= 0.6 is 0 Å². The summed E-state index contributed by atoms with van der Waals surface area (Å²) < 4.78 is 5.80. The van der Waals surface area contributed by atoms with Crippen molar-refractivity contribution >= 4 is 0 Å². The molecule has 0 aliphatic heterocycles. The summed E-state index contributed by atoms with van der Waals surface area (Å²) in [4.78, 5) is 0. The maximum atomic E-state index is 5.80. The highest BCUT2D eigenvalue weighted by Crippen LogP contribution is 2.14. The van der Waals surface area contributed by atoms with Gasteiger partial charge in [-0.25, -0.2) is 0 Å². The molecular formula is C20H18O. The second kappa shape index (κ2) is 6.76. The molecular weight excluding hydrogens is 256 g/mol. The summed E-state index contributed by atoms with van der Waals surface area (Å²) in [6.07, 6.45) is 0.958. The molecule has 1 nitrogen and oxygen atoms in total. The summed E-state index contributed by atoms with van der Waals surface area (Å²) in [5.74, 6) is 0.908. The molecule has 3 rings (SSSR count). The van der Waals surface area contributed by atoms with Gasteiger partial charge in [0.15, 0.2) is 0 Å². The van der Waals surface area contributed by atoms with Crippen LogP contribution in [0.1, 0.15) is 16.7 Å². The number of rotatable bonds is 5. The molecule has 0 atom stereocenters. The van der Waals surface area contributed by atoms with Gasteiger partial charge in [0.2, 0.25) is 0 Å². The van der Waals surface area contributed by atoms with Crippen LogP contribution in [0.25, 0.3) is 0 Å². The van der Waals surface area contributed by atoms with Gasteiger partial charge in [-0.15, -0.1) is 0 Å². The van der Waals surface area contributed by atoms with Gasteiger partial charge in [-0.05, 0) is 35.2 Å². The van der Waals surface area contributed by atoms with Crippen molar-refractivity contribution in [1.29, 1.82) is 0 Å². The highest BCUT2D eigenvalue weighted by atomic mass is 16.5. The monoisotopic (exact) mass is 274 g/mol. The average molecular weight is 274 g/mol. The van der Waals surface area contributed by atoms with E-state index in [1.54, 1.807) is 0 Å². The lowest BCUT2D eigenvalue weighted by atomic mass is 10.0. The molecule has 3 aromatic carbocycles. The molecule has 0 saturated heterocycles. The van der Waals surface area contributed by atoms with Gasteiger partial charge in [-0.1, -0.05) is 72.8 Å². The zero-order chi connectivity index (χ0) is 14.3. The summed E-state index contributed by atoms with van der Waals surface area (Å²) in [7, 11) is 0. The zero-order valence-electron chi connectivity index (χ0n) is 11.9. The molecule has 0 aromatic heterocycles. The molecule has 21 heavy (non-hydrogen) atoms. The van der Waals surface area contributed by atoms with Crippen molar-refractivity contribution in [3.8, 4) is 5.75 Å². The normalized spacial score (nSPS) is 10.3. The fraction of sp³-hybridized carbons (Fsp3) is 0.100. The Labute approximate surface area is 125 Å². The molecule has 0 fully saturated rings. The van der Waals surface area contributed by atoms with Crippen LogP contribution in [-0.2, 0) is 13.0 Å². The van der Waals surface area contributed by atoms with Crippen molar-refractivity contribution in [2.75, 3.05) is 0 Å². The van der Waals surface area contributed by atoms with Gasteiger partial charge in [0.1, 0.15) is 12.4 Å². The Bertz CT molecular complexity index is 674. The van der Waals surface area contributed by atoms with Gasteiger partial charge in [-0.2, -0.15) is 0 Å². The lowest BCUT2D eigenvalue weighted by Crippen LogP contribution is -1.96. The second-order valence-electron chi connectivity index (χ2n) is 5.08. The molecule has 0 unspecified atom stereocenters. The third kappa shape index (κ3) is 3.96. The van der Waals surface area contributed by atoms with Crippen LogP contribution in [-0.4, -0.2) is 0 Å². The summed E-state index contributed by atoms with van der Waals surface area (Å²) in [5, 5.41) is 0. The van der Waals surface area contributed by atoms with Gasteiger partial charge in [-0.3, -0.25) is 0 Å². The first kappa shape index (κ1) is 13.4. The molecule has 0 bridgehead atoms. The predicted octanol–water partition coefficient (Wildman–Crippen LogP) is 4.86. The van der Waals surface area contributed by atoms with Crippen LogP contribution < -0.4 is 4.74 Å². The first-order valence-electron chi connectivity index (χ1n) is 7.20. The van der Waals surface area contributed by atoms with E-state index in [1.807, 2.05) is 36.4 Å². The Hall–Kier alpha value is -2.54. The molecule has 0 radical (unpaired) electrons. The third-order valence-electron chi connectivity index (χ3n) is 3.39. The minimum absolute atomic E-state index is 0.604. The Balaban J connectivity index is 1.66. The van der Waals surface area contributed by atoms with E-state index in [2.05, 4.69) is 48.5 Å². The molecule has 0 spiro atoms. The second-order valence-corrected chi connectivity index (χ2v) is 5.08. The fourth-order valence-electron chi connectivity index (χ4n) is 2.34. The SMILES string of the molecule is c1ccc(Cc2cccc(COc3ccccc3)c2)cc1. The summed E-state index contributed by atoms with van der Waals surface area (Å²) in [6.45, 7) is 0.604. The van der Waals surface area contributed by atoms with Crippen LogP contribution in [0.3, 0.4) is 0 Å². The summed E-state index contributed by atoms with van der Waals surface area (Å²) >= 11 is 0. The van der Waals surface area contributed by atoms with E-state index in [9.17, 15) is 0 Å². The van der Waals surface area contributed by atoms with E-state index in [0.717, 1.165) is 12.2 Å². The molecule has 0 saturated carbocycles. The van der Waals surface area contributed by atoms with Crippen molar-refractivity contribution in [3.63, 3.8) is 0 Å². The van der Waals surface area contributed by atoms with Crippen molar-refractivity contribution in [3.05, 3.63) is 102 Å². The van der Waals surface area contributed by atoms with Crippen LogP contribution in [0, 0.1) is 0 Å². The standard InChI is InChI=1S/C20H18O/c1-3-8-17(9-4-1)14-18-10-7-11-19(15-18)16-21-20-12-5-2-6-13-20/h1-13,15H,14,16H2. The Morgan fingerprint density at radius 1 is 0.571 bits per heavy atom. The Morgan fingerprint density at radius 3 is 1.95 bits per heavy atom. The van der Waals surface area contributed by atoms with Gasteiger partial charge >= 0.3 is 0 Å². The lowest BCUT2D eigenvalue weighted by Gasteiger charge is -2.08. The molecule has 0 aliphatic rings. The Kier molecular flexibility index (Phi) is 4.33. The summed E-state index contributed by atoms with van der Waals surface area (Å²) in [6, 6.07) is 29.1. The zero-order valence-corrected chi connectivity index (χ0v) is 11.9. The van der Waals surface area contributed by atoms with Gasteiger partial charge in [0, 0.05) is 0 Å². The van der Waals surface area contributed by atoms with E-state index < -0.39 is 0 Å². The smallest absolute Gasteiger partial charge is 0.119 e. The van der Waals surface area contributed by atoms with Crippen LogP contribution in [0.5, 0.6) is 5.75 Å².